The van der Waals surface area contributed by atoms with Crippen LogP contribution in [-0.2, 0) is 4.74 Å². The fourth-order valence-electron chi connectivity index (χ4n) is 0.933. The maximum atomic E-state index is 5.60. The summed E-state index contributed by atoms with van der Waals surface area (Å²) in [5.74, 6) is 0. The second-order valence-electron chi connectivity index (χ2n) is 2.10. The number of methoxy groups -OCH3 is 1. The molecule has 3 nitrogen and oxygen atoms in total. The van der Waals surface area contributed by atoms with Gasteiger partial charge in [-0.05, 0) is 0 Å². The van der Waals surface area contributed by atoms with E-state index in [0.717, 1.165) is 13.1 Å². The summed E-state index contributed by atoms with van der Waals surface area (Å²) in [4.78, 5) is 0. The lowest BCUT2D eigenvalue weighted by Gasteiger charge is -2.10. The van der Waals surface area contributed by atoms with E-state index in [1.165, 1.54) is 0 Å². The van der Waals surface area contributed by atoms with E-state index in [0.29, 0.717) is 0 Å². The van der Waals surface area contributed by atoms with Crippen LogP contribution < -0.4 is 11.1 Å². The lowest BCUT2D eigenvalue weighted by molar-refractivity contribution is 0.107. The predicted molar refractivity (Wildman–Crippen MR) is 31.6 cm³/mol. The van der Waals surface area contributed by atoms with Gasteiger partial charge in [-0.2, -0.15) is 0 Å². The van der Waals surface area contributed by atoms with Gasteiger partial charge in [0.05, 0.1) is 6.10 Å². The molecule has 1 fully saturated rings. The van der Waals surface area contributed by atoms with E-state index < -0.39 is 0 Å². The van der Waals surface area contributed by atoms with Gasteiger partial charge in [0.15, 0.2) is 0 Å². The van der Waals surface area contributed by atoms with E-state index in [-0.39, 0.29) is 12.1 Å². The summed E-state index contributed by atoms with van der Waals surface area (Å²) < 4.78 is 5.04. The molecule has 0 amide bonds. The van der Waals surface area contributed by atoms with E-state index >= 15 is 0 Å². The number of nitrogens with two attached hydrogens (primary N) is 1. The summed E-state index contributed by atoms with van der Waals surface area (Å²) in [6.07, 6.45) is 0.231. The predicted octanol–water partition coefficient (Wildman–Crippen LogP) is -1.07. The minimum Gasteiger partial charge on any atom is -0.378 e. The lowest BCUT2D eigenvalue weighted by atomic mass is 10.2. The fourth-order valence-corrected chi connectivity index (χ4v) is 0.933. The molecule has 1 aliphatic rings. The van der Waals surface area contributed by atoms with Crippen molar-refractivity contribution in [2.45, 2.75) is 12.1 Å². The molecule has 8 heavy (non-hydrogen) atoms. The monoisotopic (exact) mass is 116 g/mol. The van der Waals surface area contributed by atoms with Crippen molar-refractivity contribution in [2.24, 2.45) is 5.73 Å². The summed E-state index contributed by atoms with van der Waals surface area (Å²) in [5, 5.41) is 3.12. The molecule has 0 aromatic heterocycles. The highest BCUT2D eigenvalue weighted by atomic mass is 16.5. The quantitative estimate of drug-likeness (QED) is 0.458. The Morgan fingerprint density at radius 3 is 2.62 bits per heavy atom. The second kappa shape index (κ2) is 2.44. The average Bonchev–Trinajstić information content (AvgIpc) is 2.14. The fraction of sp³-hybridized carbons (Fsp3) is 1.00. The average molecular weight is 116 g/mol. The van der Waals surface area contributed by atoms with Crippen molar-refractivity contribution in [3.8, 4) is 0 Å². The summed E-state index contributed by atoms with van der Waals surface area (Å²) in [5.41, 5.74) is 5.60. The van der Waals surface area contributed by atoms with E-state index in [2.05, 4.69) is 5.32 Å². The van der Waals surface area contributed by atoms with Crippen LogP contribution in [0.1, 0.15) is 0 Å². The van der Waals surface area contributed by atoms with Crippen LogP contribution in [0.15, 0.2) is 0 Å². The van der Waals surface area contributed by atoms with Gasteiger partial charge in [-0.25, -0.2) is 0 Å². The zero-order chi connectivity index (χ0) is 5.98. The van der Waals surface area contributed by atoms with Crippen LogP contribution in [0.2, 0.25) is 0 Å². The number of nitrogens with one attached hydrogen (secondary N) is 1. The maximum Gasteiger partial charge on any atom is 0.0858 e. The Morgan fingerprint density at radius 1 is 1.62 bits per heavy atom. The standard InChI is InChI=1S/C5H12N2O/c1-8-5-3-7-2-4(5)6/h4-5,7H,2-3,6H2,1H3/t4-,5+/m0/s1. The third-order valence-electron chi connectivity index (χ3n) is 1.51. The van der Waals surface area contributed by atoms with E-state index in [9.17, 15) is 0 Å². The van der Waals surface area contributed by atoms with Crippen molar-refractivity contribution in [3.63, 3.8) is 0 Å². The van der Waals surface area contributed by atoms with E-state index in [4.69, 9.17) is 10.5 Å². The first-order chi connectivity index (χ1) is 3.84. The van der Waals surface area contributed by atoms with E-state index in [1.807, 2.05) is 0 Å². The molecule has 0 bridgehead atoms. The maximum absolute atomic E-state index is 5.60. The van der Waals surface area contributed by atoms with Crippen LogP contribution >= 0.6 is 0 Å². The van der Waals surface area contributed by atoms with Gasteiger partial charge in [0.2, 0.25) is 0 Å². The minimum absolute atomic E-state index is 0.194. The van der Waals surface area contributed by atoms with Gasteiger partial charge < -0.3 is 15.8 Å². The van der Waals surface area contributed by atoms with Crippen LogP contribution in [0.4, 0.5) is 0 Å². The van der Waals surface area contributed by atoms with Crippen LogP contribution in [0.3, 0.4) is 0 Å². The molecule has 1 saturated heterocycles. The summed E-state index contributed by atoms with van der Waals surface area (Å²) in [7, 11) is 1.69. The van der Waals surface area contributed by atoms with E-state index in [1.54, 1.807) is 7.11 Å². The highest BCUT2D eigenvalue weighted by molar-refractivity contribution is 4.84. The van der Waals surface area contributed by atoms with Crippen molar-refractivity contribution < 1.29 is 4.74 Å². The molecule has 3 heteroatoms. The van der Waals surface area contributed by atoms with Crippen LogP contribution in [-0.4, -0.2) is 32.3 Å². The number of hydrogen-bond donors (Lipinski definition) is 2. The molecular formula is C5H12N2O. The molecular weight excluding hydrogens is 104 g/mol. The normalized spacial score (nSPS) is 38.2. The van der Waals surface area contributed by atoms with Gasteiger partial charge >= 0.3 is 0 Å². The van der Waals surface area contributed by atoms with Gasteiger partial charge in [0.1, 0.15) is 0 Å². The molecule has 48 valence electrons. The first kappa shape index (κ1) is 6.01. The Bertz CT molecular complexity index is 76.8. The van der Waals surface area contributed by atoms with Gasteiger partial charge in [-0.15, -0.1) is 0 Å². The Kier molecular flexibility index (Phi) is 1.83. The lowest BCUT2D eigenvalue weighted by Crippen LogP contribution is -2.34. The highest BCUT2D eigenvalue weighted by Crippen LogP contribution is 1.98. The zero-order valence-corrected chi connectivity index (χ0v) is 5.05. The van der Waals surface area contributed by atoms with Crippen molar-refractivity contribution in [2.75, 3.05) is 20.2 Å². The summed E-state index contributed by atoms with van der Waals surface area (Å²) in [6, 6.07) is 0.194. The first-order valence-corrected chi connectivity index (χ1v) is 2.83. The van der Waals surface area contributed by atoms with Crippen molar-refractivity contribution >= 4 is 0 Å². The molecule has 1 rings (SSSR count). The molecule has 0 spiro atoms. The summed E-state index contributed by atoms with van der Waals surface area (Å²) >= 11 is 0. The van der Waals surface area contributed by atoms with Crippen LogP contribution in [0.25, 0.3) is 0 Å². The second-order valence-corrected chi connectivity index (χ2v) is 2.10. The molecule has 0 aromatic carbocycles. The Balaban J connectivity index is 2.30. The number of ether oxygens (including phenoxy) is 1. The largest absolute Gasteiger partial charge is 0.378 e. The third-order valence-corrected chi connectivity index (χ3v) is 1.51. The molecule has 0 radical (unpaired) electrons. The third kappa shape index (κ3) is 0.992. The van der Waals surface area contributed by atoms with Crippen LogP contribution in [0.5, 0.6) is 0 Å². The van der Waals surface area contributed by atoms with Crippen LogP contribution in [0, 0.1) is 0 Å². The molecule has 0 unspecified atom stereocenters. The first-order valence-electron chi connectivity index (χ1n) is 2.83. The van der Waals surface area contributed by atoms with Gasteiger partial charge in [0.25, 0.3) is 0 Å². The van der Waals surface area contributed by atoms with Crippen molar-refractivity contribution in [1.29, 1.82) is 0 Å². The highest BCUT2D eigenvalue weighted by Gasteiger charge is 2.22. The summed E-state index contributed by atoms with van der Waals surface area (Å²) in [6.45, 7) is 1.79. The molecule has 1 heterocycles. The SMILES string of the molecule is CO[C@@H]1CNC[C@@H]1N. The number of hydrogen-bond acceptors (Lipinski definition) is 3. The van der Waals surface area contributed by atoms with Gasteiger partial charge in [0, 0.05) is 26.2 Å². The Morgan fingerprint density at radius 2 is 2.38 bits per heavy atom. The Labute approximate surface area is 49.2 Å². The molecule has 0 saturated carbocycles. The van der Waals surface area contributed by atoms with Crippen molar-refractivity contribution in [1.82, 2.24) is 5.32 Å². The molecule has 0 aliphatic carbocycles. The van der Waals surface area contributed by atoms with Gasteiger partial charge in [-0.3, -0.25) is 0 Å². The number of rotatable bonds is 1. The smallest absolute Gasteiger partial charge is 0.0858 e. The Hall–Kier alpha value is -0.120. The topological polar surface area (TPSA) is 47.3 Å². The molecule has 0 aromatic rings. The van der Waals surface area contributed by atoms with Crippen molar-refractivity contribution in [3.05, 3.63) is 0 Å². The zero-order valence-electron chi connectivity index (χ0n) is 5.05. The molecule has 1 aliphatic heterocycles. The van der Waals surface area contributed by atoms with Gasteiger partial charge in [-0.1, -0.05) is 0 Å². The molecule has 2 atom stereocenters. The minimum atomic E-state index is 0.194. The molecule has 3 N–H and O–H groups in total.